The molecule has 0 saturated heterocycles. The van der Waals surface area contributed by atoms with E-state index in [1.54, 1.807) is 72.8 Å². The Labute approximate surface area is 204 Å². The zero-order valence-corrected chi connectivity index (χ0v) is 20.1. The average molecular weight is 496 g/mol. The van der Waals surface area contributed by atoms with Crippen LogP contribution in [0.3, 0.4) is 0 Å². The van der Waals surface area contributed by atoms with Gasteiger partial charge in [-0.3, -0.25) is 9.10 Å². The van der Waals surface area contributed by atoms with E-state index in [4.69, 9.17) is 4.74 Å². The number of methoxy groups -OCH3 is 1. The largest absolute Gasteiger partial charge is 0.482 e. The second-order valence-electron chi connectivity index (χ2n) is 7.44. The molecule has 0 atom stereocenters. The van der Waals surface area contributed by atoms with Crippen LogP contribution in [0.25, 0.3) is 0 Å². The van der Waals surface area contributed by atoms with Crippen molar-refractivity contribution in [3.63, 3.8) is 0 Å². The van der Waals surface area contributed by atoms with Crippen LogP contribution in [0.4, 0.5) is 5.69 Å². The summed E-state index contributed by atoms with van der Waals surface area (Å²) in [4.78, 5) is 23.6. The van der Waals surface area contributed by atoms with Crippen molar-refractivity contribution in [2.24, 2.45) is 5.10 Å². The van der Waals surface area contributed by atoms with Gasteiger partial charge in [0.1, 0.15) is 5.75 Å². The van der Waals surface area contributed by atoms with Crippen molar-refractivity contribution in [1.82, 2.24) is 5.43 Å². The molecule has 1 N–H and O–H groups in total. The molecule has 0 spiro atoms. The van der Waals surface area contributed by atoms with Crippen molar-refractivity contribution in [1.29, 1.82) is 0 Å². The van der Waals surface area contributed by atoms with Crippen LogP contribution < -0.4 is 14.5 Å². The quantitative estimate of drug-likeness (QED) is 0.263. The fraction of sp³-hybridized carbons (Fsp3) is 0.160. The number of ether oxygens (including phenoxy) is 2. The Hall–Kier alpha value is -4.18. The molecule has 0 aliphatic heterocycles. The number of esters is 1. The molecular weight excluding hydrogens is 470 g/mol. The number of para-hydroxylation sites is 1. The van der Waals surface area contributed by atoms with Crippen LogP contribution >= 0.6 is 0 Å². The van der Waals surface area contributed by atoms with Crippen LogP contribution in [0.2, 0.25) is 0 Å². The number of rotatable bonds is 10. The predicted molar refractivity (Wildman–Crippen MR) is 133 cm³/mol. The summed E-state index contributed by atoms with van der Waals surface area (Å²) in [7, 11) is -2.21. The number of hydrogen-bond acceptors (Lipinski definition) is 7. The van der Waals surface area contributed by atoms with Crippen molar-refractivity contribution in [2.75, 3.05) is 24.3 Å². The number of benzene rings is 3. The van der Waals surface area contributed by atoms with Gasteiger partial charge in [0, 0.05) is 5.56 Å². The number of carbonyl (C=O) groups excluding carboxylic acids is 2. The molecule has 35 heavy (non-hydrogen) atoms. The van der Waals surface area contributed by atoms with Crippen molar-refractivity contribution < 1.29 is 27.5 Å². The Morgan fingerprint density at radius 1 is 1.00 bits per heavy atom. The van der Waals surface area contributed by atoms with E-state index in [9.17, 15) is 18.0 Å². The number of hydrogen-bond donors (Lipinski definition) is 1. The van der Waals surface area contributed by atoms with E-state index in [0.29, 0.717) is 22.6 Å². The summed E-state index contributed by atoms with van der Waals surface area (Å²) in [6, 6.07) is 22.2. The van der Waals surface area contributed by atoms with Gasteiger partial charge in [-0.25, -0.2) is 18.6 Å². The standard InChI is InChI=1S/C25H25N3O6S/c1-33-24(29)18-34-23-10-6-7-20(15-23)16-26-27-25(30)21-13-11-19(12-14-21)17-28(35(2,31)32)22-8-4-3-5-9-22/h3-16H,17-18H2,1-2H3,(H,27,30)/b26-16-. The summed E-state index contributed by atoms with van der Waals surface area (Å²) >= 11 is 0. The topological polar surface area (TPSA) is 114 Å². The number of hydrazone groups is 1. The van der Waals surface area contributed by atoms with Crippen molar-refractivity contribution >= 4 is 33.8 Å². The van der Waals surface area contributed by atoms with Gasteiger partial charge in [0.05, 0.1) is 31.8 Å². The van der Waals surface area contributed by atoms with E-state index in [2.05, 4.69) is 15.3 Å². The highest BCUT2D eigenvalue weighted by Gasteiger charge is 2.17. The minimum absolute atomic E-state index is 0.136. The molecule has 3 aromatic rings. The highest BCUT2D eigenvalue weighted by molar-refractivity contribution is 7.92. The third-order valence-corrected chi connectivity index (χ3v) is 5.95. The smallest absolute Gasteiger partial charge is 0.343 e. The molecule has 182 valence electrons. The molecule has 0 bridgehead atoms. The van der Waals surface area contributed by atoms with Crippen molar-refractivity contribution in [3.05, 3.63) is 95.6 Å². The number of sulfonamides is 1. The van der Waals surface area contributed by atoms with Crippen LogP contribution in [0.1, 0.15) is 21.5 Å². The molecule has 0 radical (unpaired) electrons. The number of nitrogens with one attached hydrogen (secondary N) is 1. The predicted octanol–water partition coefficient (Wildman–Crippen LogP) is 2.97. The fourth-order valence-electron chi connectivity index (χ4n) is 3.04. The molecule has 9 nitrogen and oxygen atoms in total. The molecule has 0 saturated carbocycles. The second-order valence-corrected chi connectivity index (χ2v) is 9.35. The van der Waals surface area contributed by atoms with Crippen LogP contribution in [-0.2, 0) is 26.1 Å². The van der Waals surface area contributed by atoms with Gasteiger partial charge in [-0.15, -0.1) is 0 Å². The maximum atomic E-state index is 12.4. The van der Waals surface area contributed by atoms with Crippen molar-refractivity contribution in [3.8, 4) is 5.75 Å². The van der Waals surface area contributed by atoms with Crippen LogP contribution in [0, 0.1) is 0 Å². The first kappa shape index (κ1) is 25.4. The zero-order chi connectivity index (χ0) is 25.3. The van der Waals surface area contributed by atoms with E-state index in [1.165, 1.54) is 17.6 Å². The van der Waals surface area contributed by atoms with Gasteiger partial charge in [0.15, 0.2) is 6.61 Å². The van der Waals surface area contributed by atoms with Crippen LogP contribution in [0.5, 0.6) is 5.75 Å². The summed E-state index contributed by atoms with van der Waals surface area (Å²) < 4.78 is 35.7. The Morgan fingerprint density at radius 3 is 2.37 bits per heavy atom. The molecular formula is C25H25N3O6S. The summed E-state index contributed by atoms with van der Waals surface area (Å²) in [5.41, 5.74) is 4.76. The van der Waals surface area contributed by atoms with E-state index in [1.807, 2.05) is 6.07 Å². The number of anilines is 1. The number of amides is 1. The summed E-state index contributed by atoms with van der Waals surface area (Å²) in [6.07, 6.45) is 2.60. The monoisotopic (exact) mass is 495 g/mol. The fourth-order valence-corrected chi connectivity index (χ4v) is 3.93. The lowest BCUT2D eigenvalue weighted by Crippen LogP contribution is -2.29. The van der Waals surface area contributed by atoms with E-state index in [-0.39, 0.29) is 13.2 Å². The highest BCUT2D eigenvalue weighted by Crippen LogP contribution is 2.20. The molecule has 0 fully saturated rings. The Balaban J connectivity index is 1.60. The Morgan fingerprint density at radius 2 is 1.71 bits per heavy atom. The molecule has 0 aliphatic carbocycles. The van der Waals surface area contributed by atoms with Gasteiger partial charge in [-0.05, 0) is 47.5 Å². The minimum atomic E-state index is -3.49. The van der Waals surface area contributed by atoms with Crippen LogP contribution in [0.15, 0.2) is 84.0 Å². The average Bonchev–Trinajstić information content (AvgIpc) is 2.86. The third kappa shape index (κ3) is 7.68. The van der Waals surface area contributed by atoms with Gasteiger partial charge in [0.25, 0.3) is 5.91 Å². The van der Waals surface area contributed by atoms with Gasteiger partial charge in [-0.2, -0.15) is 5.10 Å². The summed E-state index contributed by atoms with van der Waals surface area (Å²) in [5, 5.41) is 3.95. The number of carbonyl (C=O) groups is 2. The normalized spacial score (nSPS) is 11.1. The molecule has 3 rings (SSSR count). The van der Waals surface area contributed by atoms with Gasteiger partial charge in [-0.1, -0.05) is 42.5 Å². The molecule has 1 amide bonds. The SMILES string of the molecule is COC(=O)COc1cccc(/C=N\NC(=O)c2ccc(CN(c3ccccc3)S(C)(=O)=O)cc2)c1. The van der Waals surface area contributed by atoms with Crippen molar-refractivity contribution in [2.45, 2.75) is 6.54 Å². The Kier molecular flexibility index (Phi) is 8.58. The first-order valence-electron chi connectivity index (χ1n) is 10.5. The van der Waals surface area contributed by atoms with Crippen LogP contribution in [-0.4, -0.2) is 46.5 Å². The molecule has 3 aromatic carbocycles. The van der Waals surface area contributed by atoms with E-state index < -0.39 is 21.9 Å². The van der Waals surface area contributed by atoms with E-state index in [0.717, 1.165) is 11.8 Å². The van der Waals surface area contributed by atoms with Gasteiger partial charge >= 0.3 is 5.97 Å². The highest BCUT2D eigenvalue weighted by atomic mass is 32.2. The summed E-state index contributed by atoms with van der Waals surface area (Å²) in [6.45, 7) is -0.0750. The maximum absolute atomic E-state index is 12.4. The lowest BCUT2D eigenvalue weighted by molar-refractivity contribution is -0.142. The second kappa shape index (κ2) is 11.8. The van der Waals surface area contributed by atoms with Gasteiger partial charge in [0.2, 0.25) is 10.0 Å². The zero-order valence-electron chi connectivity index (χ0n) is 19.2. The van der Waals surface area contributed by atoms with Gasteiger partial charge < -0.3 is 9.47 Å². The summed E-state index contributed by atoms with van der Waals surface area (Å²) in [5.74, 6) is -0.458. The van der Waals surface area contributed by atoms with E-state index >= 15 is 0 Å². The lowest BCUT2D eigenvalue weighted by Gasteiger charge is -2.22. The third-order valence-electron chi connectivity index (χ3n) is 4.81. The molecule has 0 aromatic heterocycles. The molecule has 0 unspecified atom stereocenters. The molecule has 10 heteroatoms. The first-order chi connectivity index (χ1) is 16.8. The maximum Gasteiger partial charge on any atom is 0.343 e. The lowest BCUT2D eigenvalue weighted by atomic mass is 10.1. The molecule has 0 aliphatic rings. The first-order valence-corrected chi connectivity index (χ1v) is 12.4. The molecule has 0 heterocycles. The number of nitrogens with zero attached hydrogens (tertiary/aromatic N) is 2. The minimum Gasteiger partial charge on any atom is -0.482 e. The Bertz CT molecular complexity index is 1290.